The summed E-state index contributed by atoms with van der Waals surface area (Å²) in [6, 6.07) is 0. The van der Waals surface area contributed by atoms with Gasteiger partial charge in [-0.25, -0.2) is 0 Å². The van der Waals surface area contributed by atoms with Gasteiger partial charge in [0.15, 0.2) is 50.9 Å². The average Bonchev–Trinajstić information content (AvgIpc) is 2.85. The molecule has 1 aliphatic heterocycles. The normalized spacial score (nSPS) is 26.0. The molecule has 0 unspecified atom stereocenters. The summed E-state index contributed by atoms with van der Waals surface area (Å²) in [4.78, 5) is 14.8. The summed E-state index contributed by atoms with van der Waals surface area (Å²) in [6.45, 7) is 48.1. The van der Waals surface area contributed by atoms with Gasteiger partial charge in [-0.05, 0) is 86.4 Å². The van der Waals surface area contributed by atoms with E-state index >= 15 is 0 Å². The Bertz CT molecular complexity index is 1100. The van der Waals surface area contributed by atoms with Gasteiger partial charge in [0.25, 0.3) is 0 Å². The Morgan fingerprint density at radius 1 is 0.735 bits per heavy atom. The zero-order valence-electron chi connectivity index (χ0n) is 36.2. The third-order valence-corrected chi connectivity index (χ3v) is 30.8. The summed E-state index contributed by atoms with van der Waals surface area (Å²) < 4.78 is 40.3. The number of hydrogen-bond acceptors (Lipinski definition) is 8. The maximum atomic E-state index is 14.8. The Morgan fingerprint density at radius 2 is 1.12 bits per heavy atom. The lowest BCUT2D eigenvalue weighted by Gasteiger charge is -2.50. The fourth-order valence-corrected chi connectivity index (χ4v) is 10.4. The van der Waals surface area contributed by atoms with Crippen LogP contribution in [0.1, 0.15) is 110 Å². The molecule has 49 heavy (non-hydrogen) atoms. The second-order valence-corrected chi connectivity index (χ2v) is 39.9. The average molecular weight is 765 g/mol. The van der Waals surface area contributed by atoms with Gasteiger partial charge >= 0.3 is 0 Å². The third kappa shape index (κ3) is 11.4. The van der Waals surface area contributed by atoms with E-state index < -0.39 is 69.6 Å². The first-order valence-electron chi connectivity index (χ1n) is 18.5. The predicted octanol–water partition coefficient (Wildman–Crippen LogP) is 10.0. The van der Waals surface area contributed by atoms with E-state index in [2.05, 4.69) is 142 Å². The monoisotopic (exact) mass is 764 g/mol. The number of aliphatic hydroxyl groups is 1. The molecule has 0 aromatic heterocycles. The molecule has 0 amide bonds. The van der Waals surface area contributed by atoms with E-state index in [4.69, 9.17) is 27.2 Å². The van der Waals surface area contributed by atoms with E-state index in [1.807, 2.05) is 0 Å². The van der Waals surface area contributed by atoms with Crippen molar-refractivity contribution in [3.8, 4) is 0 Å². The van der Waals surface area contributed by atoms with Crippen LogP contribution in [0.25, 0.3) is 0 Å². The standard InChI is InChI=1S/C37H80O8Si4/c1-26(42-46(16,17)33(3,4)5)31(45-49(22,23)36(12,13)14)28(43-47(18,19)34(6,7)8)24-30(38)37(39)25-29(32(40-15)41-27(37)2)44-48(20,21)35(9,10)11/h26-29,31-32,39H,24-25H2,1-23H3/t26-,27-,28+,29-,31-,32+,37-/m1/s1. The van der Waals surface area contributed by atoms with Gasteiger partial charge in [-0.1, -0.05) is 83.1 Å². The summed E-state index contributed by atoms with van der Waals surface area (Å²) in [5.41, 5.74) is -1.80. The van der Waals surface area contributed by atoms with Crippen molar-refractivity contribution in [3.63, 3.8) is 0 Å². The molecule has 7 atom stereocenters. The maximum absolute atomic E-state index is 14.8. The fourth-order valence-electron chi connectivity index (χ4n) is 5.01. The molecule has 0 spiro atoms. The number of hydrogen-bond donors (Lipinski definition) is 1. The maximum Gasteiger partial charge on any atom is 0.192 e. The van der Waals surface area contributed by atoms with Crippen LogP contribution in [0.3, 0.4) is 0 Å². The molecule has 1 rings (SSSR count). The van der Waals surface area contributed by atoms with Gasteiger partial charge in [-0.3, -0.25) is 4.79 Å². The molecule has 1 fully saturated rings. The Hall–Kier alpha value is 0.258. The van der Waals surface area contributed by atoms with E-state index in [-0.39, 0.29) is 44.9 Å². The zero-order chi connectivity index (χ0) is 39.2. The van der Waals surface area contributed by atoms with E-state index in [0.29, 0.717) is 0 Å². The van der Waals surface area contributed by atoms with Crippen molar-refractivity contribution >= 4 is 39.1 Å². The second kappa shape index (κ2) is 15.5. The van der Waals surface area contributed by atoms with Gasteiger partial charge < -0.3 is 32.3 Å². The summed E-state index contributed by atoms with van der Waals surface area (Å²) >= 11 is 0. The number of ether oxygens (including phenoxy) is 2. The minimum Gasteiger partial charge on any atom is -0.412 e. The number of Topliss-reactive ketones (excluding diaryl/α,β-unsaturated/α-hetero) is 1. The smallest absolute Gasteiger partial charge is 0.192 e. The fraction of sp³-hybridized carbons (Fsp3) is 0.973. The molecule has 0 aliphatic carbocycles. The summed E-state index contributed by atoms with van der Waals surface area (Å²) in [6.07, 6.45) is -3.57. The minimum atomic E-state index is -2.45. The molecule has 12 heteroatoms. The van der Waals surface area contributed by atoms with Gasteiger partial charge in [0.05, 0.1) is 30.5 Å². The van der Waals surface area contributed by atoms with Crippen molar-refractivity contribution in [2.24, 2.45) is 0 Å². The lowest BCUT2D eigenvalue weighted by Crippen LogP contribution is -2.63. The van der Waals surface area contributed by atoms with Crippen LogP contribution in [0, 0.1) is 0 Å². The molecule has 1 saturated heterocycles. The third-order valence-electron chi connectivity index (χ3n) is 12.8. The zero-order valence-corrected chi connectivity index (χ0v) is 40.2. The summed E-state index contributed by atoms with van der Waals surface area (Å²) in [7, 11) is -7.79. The Morgan fingerprint density at radius 3 is 1.51 bits per heavy atom. The molecule has 0 bridgehead atoms. The lowest BCUT2D eigenvalue weighted by molar-refractivity contribution is -0.270. The Balaban J connectivity index is 3.83. The van der Waals surface area contributed by atoms with Crippen LogP contribution in [0.2, 0.25) is 72.5 Å². The number of rotatable bonds is 14. The van der Waals surface area contributed by atoms with Crippen molar-refractivity contribution in [1.82, 2.24) is 0 Å². The van der Waals surface area contributed by atoms with Crippen molar-refractivity contribution < 1.29 is 37.1 Å². The number of ketones is 1. The number of carbonyl (C=O) groups is 1. The van der Waals surface area contributed by atoms with Crippen LogP contribution >= 0.6 is 0 Å². The first-order valence-corrected chi connectivity index (χ1v) is 30.2. The molecule has 8 nitrogen and oxygen atoms in total. The van der Waals surface area contributed by atoms with E-state index in [9.17, 15) is 9.90 Å². The minimum absolute atomic E-state index is 0.0184. The molecule has 1 aliphatic rings. The molecule has 1 N–H and O–H groups in total. The van der Waals surface area contributed by atoms with Crippen LogP contribution < -0.4 is 0 Å². The van der Waals surface area contributed by atoms with Crippen LogP contribution in [0.4, 0.5) is 0 Å². The molecule has 0 aromatic carbocycles. The molecule has 0 saturated carbocycles. The molecule has 1 heterocycles. The Kier molecular flexibility index (Phi) is 15.0. The molecule has 0 aromatic rings. The quantitative estimate of drug-likeness (QED) is 0.175. The lowest BCUT2D eigenvalue weighted by atomic mass is 9.81. The van der Waals surface area contributed by atoms with Crippen molar-refractivity contribution in [2.75, 3.05) is 7.11 Å². The van der Waals surface area contributed by atoms with E-state index in [0.717, 1.165) is 0 Å². The SMILES string of the molecule is CO[C@H]1O[C@H](C)[C@@](O)(C(=O)C[C@H](O[Si](C)(C)C(C)(C)C)[C@H](O[Si](C)(C)C(C)(C)C)[C@@H](C)O[Si](C)(C)C(C)(C)C)C[C@H]1O[Si](C)(C)C(C)(C)C. The van der Waals surface area contributed by atoms with Gasteiger partial charge in [-0.15, -0.1) is 0 Å². The first-order chi connectivity index (χ1) is 21.4. The first kappa shape index (κ1) is 47.3. The van der Waals surface area contributed by atoms with Gasteiger partial charge in [0.2, 0.25) is 0 Å². The van der Waals surface area contributed by atoms with Crippen LogP contribution in [0.5, 0.6) is 0 Å². The summed E-state index contributed by atoms with van der Waals surface area (Å²) in [5.74, 6) is -0.328. The van der Waals surface area contributed by atoms with E-state index in [1.165, 1.54) is 0 Å². The molecular weight excluding hydrogens is 685 g/mol. The van der Waals surface area contributed by atoms with Crippen LogP contribution in [-0.4, -0.2) is 93.7 Å². The van der Waals surface area contributed by atoms with Crippen molar-refractivity contribution in [3.05, 3.63) is 0 Å². The molecule has 0 radical (unpaired) electrons. The highest BCUT2D eigenvalue weighted by Gasteiger charge is 2.55. The largest absolute Gasteiger partial charge is 0.412 e. The van der Waals surface area contributed by atoms with Crippen LogP contribution in [0.15, 0.2) is 0 Å². The highest BCUT2D eigenvalue weighted by atomic mass is 28.4. The summed E-state index contributed by atoms with van der Waals surface area (Å²) in [5, 5.41) is 12.1. The highest BCUT2D eigenvalue weighted by Crippen LogP contribution is 2.45. The molecular formula is C37H80O8Si4. The topological polar surface area (TPSA) is 92.7 Å². The van der Waals surface area contributed by atoms with Crippen LogP contribution in [-0.2, 0) is 32.0 Å². The van der Waals surface area contributed by atoms with Crippen molar-refractivity contribution in [2.45, 2.75) is 225 Å². The predicted molar refractivity (Wildman–Crippen MR) is 214 cm³/mol. The Labute approximate surface area is 307 Å². The number of carbonyl (C=O) groups excluding carboxylic acids is 1. The highest BCUT2D eigenvalue weighted by molar-refractivity contribution is 6.75. The molecule has 292 valence electrons. The van der Waals surface area contributed by atoms with Crippen molar-refractivity contribution in [1.29, 1.82) is 0 Å². The van der Waals surface area contributed by atoms with Gasteiger partial charge in [0.1, 0.15) is 0 Å². The van der Waals surface area contributed by atoms with Gasteiger partial charge in [-0.2, -0.15) is 0 Å². The van der Waals surface area contributed by atoms with Gasteiger partial charge in [0, 0.05) is 20.0 Å². The number of methoxy groups -OCH3 is 1. The second-order valence-electron chi connectivity index (χ2n) is 20.9. The van der Waals surface area contributed by atoms with E-state index in [1.54, 1.807) is 14.0 Å².